The smallest absolute Gasteiger partial charge is 0.317 e. The zero-order valence-corrected chi connectivity index (χ0v) is 14.9. The van der Waals surface area contributed by atoms with Crippen LogP contribution < -0.4 is 5.32 Å². The number of amides is 2. The molecule has 0 heterocycles. The van der Waals surface area contributed by atoms with Crippen molar-refractivity contribution in [1.29, 1.82) is 0 Å². The summed E-state index contributed by atoms with van der Waals surface area (Å²) in [4.78, 5) is 25.5. The van der Waals surface area contributed by atoms with Gasteiger partial charge in [-0.2, -0.15) is 0 Å². The summed E-state index contributed by atoms with van der Waals surface area (Å²) in [7, 11) is 0. The molecule has 0 saturated heterocycles. The number of carbonyl (C=O) groups is 2. The van der Waals surface area contributed by atoms with E-state index in [1.165, 1.54) is 0 Å². The van der Waals surface area contributed by atoms with Crippen LogP contribution >= 0.6 is 0 Å². The highest BCUT2D eigenvalue weighted by Gasteiger charge is 2.32. The number of nitrogens with zero attached hydrogens (tertiary/aromatic N) is 1. The van der Waals surface area contributed by atoms with Crippen molar-refractivity contribution in [2.24, 2.45) is 16.7 Å². The van der Waals surface area contributed by atoms with Gasteiger partial charge in [0.2, 0.25) is 0 Å². The average molecular weight is 312 g/mol. The molecule has 1 rings (SSSR count). The van der Waals surface area contributed by atoms with E-state index in [9.17, 15) is 9.59 Å². The Morgan fingerprint density at radius 3 is 1.91 bits per heavy atom. The normalized spacial score (nSPS) is 22.5. The zero-order chi connectivity index (χ0) is 17.1. The second-order valence-electron chi connectivity index (χ2n) is 8.97. The van der Waals surface area contributed by atoms with Gasteiger partial charge in [0.25, 0.3) is 0 Å². The number of hydrogen-bond donors (Lipinski definition) is 2. The Balaban J connectivity index is 2.66. The summed E-state index contributed by atoms with van der Waals surface area (Å²) in [5.41, 5.74) is 0.0593. The molecule has 1 aliphatic carbocycles. The molecule has 0 unspecified atom stereocenters. The van der Waals surface area contributed by atoms with E-state index in [1.54, 1.807) is 0 Å². The van der Waals surface area contributed by atoms with E-state index in [0.29, 0.717) is 25.9 Å². The van der Waals surface area contributed by atoms with Crippen LogP contribution in [0.25, 0.3) is 0 Å². The largest absolute Gasteiger partial charge is 0.481 e. The van der Waals surface area contributed by atoms with E-state index in [2.05, 4.69) is 46.9 Å². The Bertz CT molecular complexity index is 391. The first-order valence-corrected chi connectivity index (χ1v) is 8.16. The molecular formula is C17H32N2O3. The minimum atomic E-state index is -0.752. The predicted molar refractivity (Wildman–Crippen MR) is 87.8 cm³/mol. The number of rotatable bonds is 4. The molecule has 2 amide bonds. The van der Waals surface area contributed by atoms with Gasteiger partial charge in [-0.05, 0) is 30.1 Å². The molecular weight excluding hydrogens is 280 g/mol. The number of urea groups is 1. The summed E-state index contributed by atoms with van der Waals surface area (Å²) in [6.45, 7) is 14.1. The van der Waals surface area contributed by atoms with E-state index in [0.717, 1.165) is 6.42 Å². The van der Waals surface area contributed by atoms with Crippen molar-refractivity contribution in [2.45, 2.75) is 66.8 Å². The van der Waals surface area contributed by atoms with E-state index in [4.69, 9.17) is 5.11 Å². The predicted octanol–water partition coefficient (Wildman–Crippen LogP) is 3.34. The molecule has 2 N–H and O–H groups in total. The Hall–Kier alpha value is -1.26. The molecule has 5 heteroatoms. The van der Waals surface area contributed by atoms with Crippen LogP contribution in [-0.2, 0) is 4.79 Å². The van der Waals surface area contributed by atoms with Crippen LogP contribution in [0.3, 0.4) is 0 Å². The topological polar surface area (TPSA) is 69.6 Å². The minimum Gasteiger partial charge on any atom is -0.481 e. The van der Waals surface area contributed by atoms with Gasteiger partial charge in [0.15, 0.2) is 0 Å². The maximum Gasteiger partial charge on any atom is 0.317 e. The second kappa shape index (κ2) is 6.88. The SMILES string of the molecule is CC(C)(C)CN(CC(C)(C)C)C(=O)N[C@@H]1CC[C@H](C(=O)O)C1. The third-order valence-corrected chi connectivity index (χ3v) is 3.73. The van der Waals surface area contributed by atoms with Crippen molar-refractivity contribution < 1.29 is 14.7 Å². The fourth-order valence-electron chi connectivity index (χ4n) is 2.95. The molecule has 1 saturated carbocycles. The molecule has 1 aliphatic rings. The van der Waals surface area contributed by atoms with Gasteiger partial charge < -0.3 is 15.3 Å². The lowest BCUT2D eigenvalue weighted by atomic mass is 9.92. The number of carboxylic acid groups (broad SMARTS) is 1. The van der Waals surface area contributed by atoms with E-state index in [-0.39, 0.29) is 28.8 Å². The Morgan fingerprint density at radius 2 is 1.55 bits per heavy atom. The van der Waals surface area contributed by atoms with Gasteiger partial charge in [0.1, 0.15) is 0 Å². The number of carboxylic acids is 1. The molecule has 0 aromatic carbocycles. The minimum absolute atomic E-state index is 0.0176. The Labute approximate surface area is 134 Å². The lowest BCUT2D eigenvalue weighted by molar-refractivity contribution is -0.141. The number of hydrogen-bond acceptors (Lipinski definition) is 2. The molecule has 0 spiro atoms. The van der Waals surface area contributed by atoms with Crippen LogP contribution in [-0.4, -0.2) is 41.1 Å². The molecule has 5 nitrogen and oxygen atoms in total. The first kappa shape index (κ1) is 18.8. The van der Waals surface area contributed by atoms with Gasteiger partial charge in [-0.15, -0.1) is 0 Å². The standard InChI is InChI=1S/C17H32N2O3/c1-16(2,3)10-19(11-17(4,5)6)15(22)18-13-8-7-12(9-13)14(20)21/h12-13H,7-11H2,1-6H3,(H,18,22)(H,20,21)/t12-,13+/m0/s1. The van der Waals surface area contributed by atoms with Crippen molar-refractivity contribution in [3.8, 4) is 0 Å². The number of aliphatic carboxylic acids is 1. The summed E-state index contributed by atoms with van der Waals surface area (Å²) in [6.07, 6.45) is 1.94. The third kappa shape index (κ3) is 6.67. The van der Waals surface area contributed by atoms with Gasteiger partial charge in [-0.1, -0.05) is 41.5 Å². The summed E-state index contributed by atoms with van der Waals surface area (Å²) in [6, 6.07) is -0.0862. The second-order valence-corrected chi connectivity index (χ2v) is 8.97. The lowest BCUT2D eigenvalue weighted by Crippen LogP contribution is -2.49. The van der Waals surface area contributed by atoms with Crippen LogP contribution in [0.1, 0.15) is 60.8 Å². The average Bonchev–Trinajstić information content (AvgIpc) is 2.72. The van der Waals surface area contributed by atoms with Gasteiger partial charge in [-0.25, -0.2) is 4.79 Å². The molecule has 0 aromatic heterocycles. The molecule has 22 heavy (non-hydrogen) atoms. The van der Waals surface area contributed by atoms with Gasteiger partial charge in [0.05, 0.1) is 5.92 Å². The molecule has 0 aliphatic heterocycles. The summed E-state index contributed by atoms with van der Waals surface area (Å²) in [5.74, 6) is -1.07. The maximum absolute atomic E-state index is 12.6. The number of carbonyl (C=O) groups excluding carboxylic acids is 1. The summed E-state index contributed by atoms with van der Waals surface area (Å²) < 4.78 is 0. The molecule has 0 bridgehead atoms. The number of nitrogens with one attached hydrogen (secondary N) is 1. The van der Waals surface area contributed by atoms with Crippen LogP contribution in [0.5, 0.6) is 0 Å². The van der Waals surface area contributed by atoms with Crippen molar-refractivity contribution in [1.82, 2.24) is 10.2 Å². The van der Waals surface area contributed by atoms with Gasteiger partial charge in [-0.3, -0.25) is 4.79 Å². The van der Waals surface area contributed by atoms with Gasteiger partial charge in [0, 0.05) is 19.1 Å². The lowest BCUT2D eigenvalue weighted by Gasteiger charge is -2.35. The van der Waals surface area contributed by atoms with Crippen molar-refractivity contribution in [3.05, 3.63) is 0 Å². The summed E-state index contributed by atoms with van der Waals surface area (Å²) >= 11 is 0. The van der Waals surface area contributed by atoms with Crippen molar-refractivity contribution >= 4 is 12.0 Å². The molecule has 2 atom stereocenters. The fraction of sp³-hybridized carbons (Fsp3) is 0.882. The fourth-order valence-corrected chi connectivity index (χ4v) is 2.95. The maximum atomic E-state index is 12.6. The van der Waals surface area contributed by atoms with E-state index < -0.39 is 5.97 Å². The van der Waals surface area contributed by atoms with Crippen molar-refractivity contribution in [3.63, 3.8) is 0 Å². The first-order chi connectivity index (χ1) is 9.87. The highest BCUT2D eigenvalue weighted by Crippen LogP contribution is 2.26. The molecule has 0 radical (unpaired) electrons. The zero-order valence-electron chi connectivity index (χ0n) is 14.9. The Morgan fingerprint density at radius 1 is 1.05 bits per heavy atom. The molecule has 1 fully saturated rings. The third-order valence-electron chi connectivity index (χ3n) is 3.73. The van der Waals surface area contributed by atoms with E-state index in [1.807, 2.05) is 4.90 Å². The van der Waals surface area contributed by atoms with Crippen LogP contribution in [0.15, 0.2) is 0 Å². The van der Waals surface area contributed by atoms with Crippen LogP contribution in [0.2, 0.25) is 0 Å². The molecule has 0 aromatic rings. The summed E-state index contributed by atoms with van der Waals surface area (Å²) in [5, 5.41) is 12.1. The van der Waals surface area contributed by atoms with Crippen LogP contribution in [0, 0.1) is 16.7 Å². The van der Waals surface area contributed by atoms with Crippen molar-refractivity contribution in [2.75, 3.05) is 13.1 Å². The quantitative estimate of drug-likeness (QED) is 0.836. The van der Waals surface area contributed by atoms with E-state index >= 15 is 0 Å². The highest BCUT2D eigenvalue weighted by atomic mass is 16.4. The highest BCUT2D eigenvalue weighted by molar-refractivity contribution is 5.75. The van der Waals surface area contributed by atoms with Gasteiger partial charge >= 0.3 is 12.0 Å². The molecule has 128 valence electrons. The first-order valence-electron chi connectivity index (χ1n) is 8.16. The van der Waals surface area contributed by atoms with Crippen LogP contribution in [0.4, 0.5) is 4.79 Å². The monoisotopic (exact) mass is 312 g/mol. The Kier molecular flexibility index (Phi) is 5.88.